The summed E-state index contributed by atoms with van der Waals surface area (Å²) in [6.45, 7) is 17.0. The number of aromatic nitrogens is 4. The third-order valence-corrected chi connectivity index (χ3v) is 10.4. The Morgan fingerprint density at radius 2 is 0.826 bits per heavy atom. The van der Waals surface area contributed by atoms with Crippen molar-refractivity contribution < 1.29 is 0 Å². The molecule has 0 amide bonds. The second-order valence-electron chi connectivity index (χ2n) is 12.3. The molecule has 0 aliphatic carbocycles. The van der Waals surface area contributed by atoms with Crippen LogP contribution in [-0.4, -0.2) is 18.8 Å². The van der Waals surface area contributed by atoms with Gasteiger partial charge in [0, 0.05) is 59.6 Å². The molecule has 0 aliphatic heterocycles. The van der Waals surface area contributed by atoms with E-state index in [4.69, 9.17) is 9.97 Å². The molecule has 0 aliphatic rings. The van der Waals surface area contributed by atoms with Crippen molar-refractivity contribution in [2.24, 2.45) is 0 Å². The van der Waals surface area contributed by atoms with Crippen molar-refractivity contribution in [2.75, 3.05) is 0 Å². The highest BCUT2D eigenvalue weighted by molar-refractivity contribution is 6.39. The summed E-state index contributed by atoms with van der Waals surface area (Å²) >= 11 is 0. The average molecular weight is 585 g/mol. The Bertz CT molecular complexity index is 2990. The highest BCUT2D eigenvalue weighted by Gasteiger charge is 2.30. The molecule has 0 bridgehead atoms. The summed E-state index contributed by atoms with van der Waals surface area (Å²) in [7, 11) is 0. The highest BCUT2D eigenvalue weighted by atomic mass is 15.0. The summed E-state index contributed by atoms with van der Waals surface area (Å²) in [5, 5.41) is 11.5. The number of hydrogen-bond acceptors (Lipinski definition) is 2. The summed E-state index contributed by atoms with van der Waals surface area (Å²) in [4.78, 5) is 11.2. The maximum absolute atomic E-state index is 5.61. The van der Waals surface area contributed by atoms with Crippen LogP contribution in [-0.2, 0) is 0 Å². The molecule has 11 rings (SSSR count). The quantitative estimate of drug-likeness (QED) is 0.206. The summed E-state index contributed by atoms with van der Waals surface area (Å²) in [6, 6.07) is 26.0. The zero-order valence-electron chi connectivity index (χ0n) is 24.9. The molecule has 4 heteroatoms. The maximum Gasteiger partial charge on any atom is 0.100 e. The van der Waals surface area contributed by atoms with E-state index in [1.807, 2.05) is 24.3 Å². The van der Waals surface area contributed by atoms with E-state index in [1.54, 1.807) is 0 Å². The molecule has 212 valence electrons. The van der Waals surface area contributed by atoms with E-state index in [-0.39, 0.29) is 0 Å². The van der Waals surface area contributed by atoms with Gasteiger partial charge in [-0.05, 0) is 17.5 Å². The molecule has 5 aromatic heterocycles. The molecule has 0 N–H and O–H groups in total. The normalized spacial score (nSPS) is 12.7. The lowest BCUT2D eigenvalue weighted by molar-refractivity contribution is 1.23. The monoisotopic (exact) mass is 584 g/mol. The zero-order chi connectivity index (χ0) is 30.6. The van der Waals surface area contributed by atoms with Crippen LogP contribution >= 0.6 is 0 Å². The molecule has 0 fully saturated rings. The third-order valence-electron chi connectivity index (χ3n) is 10.4. The van der Waals surface area contributed by atoms with Crippen molar-refractivity contribution in [3.8, 4) is 0 Å². The lowest BCUT2D eigenvalue weighted by Gasteiger charge is -2.09. The lowest BCUT2D eigenvalue weighted by atomic mass is 10.0. The van der Waals surface area contributed by atoms with Crippen LogP contribution < -0.4 is 0 Å². The number of benzene rings is 5. The van der Waals surface area contributed by atoms with Crippen LogP contribution in [0.15, 0.2) is 99.1 Å². The minimum atomic E-state index is 0.913. The van der Waals surface area contributed by atoms with Gasteiger partial charge >= 0.3 is 0 Å². The van der Waals surface area contributed by atoms with E-state index in [2.05, 4.69) is 108 Å². The largest absolute Gasteiger partial charge is 0.306 e. The number of fused-ring (bicyclic) bond motifs is 13. The Hall–Kier alpha value is -6.26. The second kappa shape index (κ2) is 7.87. The van der Waals surface area contributed by atoms with Gasteiger partial charge in [0.1, 0.15) is 11.0 Å². The highest BCUT2D eigenvalue weighted by Crippen LogP contribution is 2.49. The number of rotatable bonds is 4. The van der Waals surface area contributed by atoms with E-state index in [0.717, 1.165) is 110 Å². The maximum atomic E-state index is 5.61. The van der Waals surface area contributed by atoms with Gasteiger partial charge in [-0.25, -0.2) is 9.97 Å². The fourth-order valence-electron chi connectivity index (χ4n) is 8.76. The van der Waals surface area contributed by atoms with Gasteiger partial charge in [-0.2, -0.15) is 0 Å². The van der Waals surface area contributed by atoms with Crippen molar-refractivity contribution in [2.45, 2.75) is 0 Å². The molecule has 5 heterocycles. The van der Waals surface area contributed by atoms with Crippen LogP contribution in [0.1, 0.15) is 22.5 Å². The SMILES string of the molecule is C=Cc1c(C=C)n2c3c1cccc3c1c3nc4c5cccc6cccc(c4nc3c3c4cccc7c(C=C)c(C=C)n(c74)c3c12)c65. The van der Waals surface area contributed by atoms with Gasteiger partial charge in [-0.1, -0.05) is 111 Å². The van der Waals surface area contributed by atoms with Gasteiger partial charge in [0.2, 0.25) is 0 Å². The minimum Gasteiger partial charge on any atom is -0.306 e. The molecule has 4 nitrogen and oxygen atoms in total. The van der Waals surface area contributed by atoms with Crippen molar-refractivity contribution in [3.63, 3.8) is 0 Å². The van der Waals surface area contributed by atoms with Crippen LogP contribution in [0.25, 0.3) is 122 Å². The second-order valence-corrected chi connectivity index (χ2v) is 12.3. The smallest absolute Gasteiger partial charge is 0.100 e. The Balaban J connectivity index is 1.57. The van der Waals surface area contributed by atoms with E-state index in [9.17, 15) is 0 Å². The predicted octanol–water partition coefficient (Wildman–Crippen LogP) is 11.1. The van der Waals surface area contributed by atoms with E-state index >= 15 is 0 Å². The first-order chi connectivity index (χ1) is 22.7. The first-order valence-corrected chi connectivity index (χ1v) is 15.5. The van der Waals surface area contributed by atoms with Crippen LogP contribution in [0.5, 0.6) is 0 Å². The number of hydrogen-bond donors (Lipinski definition) is 0. The van der Waals surface area contributed by atoms with Gasteiger partial charge in [-0.3, -0.25) is 0 Å². The Labute approximate surface area is 262 Å². The number of para-hydroxylation sites is 2. The summed E-state index contributed by atoms with van der Waals surface area (Å²) in [5.74, 6) is 0. The molecule has 0 atom stereocenters. The number of nitrogens with zero attached hydrogens (tertiary/aromatic N) is 4. The summed E-state index contributed by atoms with van der Waals surface area (Å²) in [5.41, 5.74) is 12.4. The van der Waals surface area contributed by atoms with Crippen LogP contribution in [0.2, 0.25) is 0 Å². The molecule has 0 radical (unpaired) electrons. The molecular formula is C42H24N4. The molecule has 0 unspecified atom stereocenters. The summed E-state index contributed by atoms with van der Waals surface area (Å²) in [6.07, 6.45) is 7.80. The summed E-state index contributed by atoms with van der Waals surface area (Å²) < 4.78 is 4.76. The minimum absolute atomic E-state index is 0.913. The molecular weight excluding hydrogens is 560 g/mol. The molecule has 11 aromatic rings. The molecule has 0 saturated carbocycles. The lowest BCUT2D eigenvalue weighted by Crippen LogP contribution is -1.94. The standard InChI is InChI=1S/C42H24N4/c1-5-22-24-15-11-19-28-33-37-38(44-36-27-18-10-14-21-13-9-17-26(32(21)27)35(36)43-37)34-29-20-12-16-25-23(6-2)31(8-4)46(40(25)29)42(34)41(33)45(39(24)28)30(22)7-3/h5-20H,1-4H2. The third kappa shape index (κ3) is 2.40. The average Bonchev–Trinajstić information content (AvgIpc) is 3.87. The Kier molecular flexibility index (Phi) is 4.12. The van der Waals surface area contributed by atoms with E-state index in [0.29, 0.717) is 0 Å². The Morgan fingerprint density at radius 1 is 0.413 bits per heavy atom. The van der Waals surface area contributed by atoms with E-state index in [1.165, 1.54) is 10.8 Å². The predicted molar refractivity (Wildman–Crippen MR) is 198 cm³/mol. The zero-order valence-corrected chi connectivity index (χ0v) is 24.9. The molecule has 46 heavy (non-hydrogen) atoms. The van der Waals surface area contributed by atoms with Gasteiger partial charge in [0.15, 0.2) is 0 Å². The van der Waals surface area contributed by atoms with Crippen LogP contribution in [0.4, 0.5) is 0 Å². The van der Waals surface area contributed by atoms with Gasteiger partial charge in [0.05, 0.1) is 44.5 Å². The molecule has 6 aromatic carbocycles. The van der Waals surface area contributed by atoms with Crippen molar-refractivity contribution >= 4 is 122 Å². The molecule has 0 saturated heterocycles. The van der Waals surface area contributed by atoms with Gasteiger partial charge < -0.3 is 8.80 Å². The van der Waals surface area contributed by atoms with Crippen molar-refractivity contribution in [3.05, 3.63) is 122 Å². The fourth-order valence-corrected chi connectivity index (χ4v) is 8.76. The van der Waals surface area contributed by atoms with Crippen molar-refractivity contribution in [1.29, 1.82) is 0 Å². The first kappa shape index (κ1) is 24.1. The van der Waals surface area contributed by atoms with Crippen LogP contribution in [0, 0.1) is 0 Å². The van der Waals surface area contributed by atoms with Crippen LogP contribution in [0.3, 0.4) is 0 Å². The van der Waals surface area contributed by atoms with Crippen molar-refractivity contribution in [1.82, 2.24) is 18.8 Å². The molecule has 0 spiro atoms. The van der Waals surface area contributed by atoms with Gasteiger partial charge in [-0.15, -0.1) is 0 Å². The first-order valence-electron chi connectivity index (χ1n) is 15.5. The topological polar surface area (TPSA) is 34.6 Å². The fraction of sp³-hybridized carbons (Fsp3) is 0. The Morgan fingerprint density at radius 3 is 1.26 bits per heavy atom. The van der Waals surface area contributed by atoms with Gasteiger partial charge in [0.25, 0.3) is 0 Å². The van der Waals surface area contributed by atoms with E-state index < -0.39 is 0 Å².